The SMILES string of the molecule is CC(=O)N[C@@H]1[C@@H](O[C@H]2O[C@H](CO)[C@@H](O[C@@H]3O[C@H](CO)[C@@H](O)[C@H](O)[C@@H]3O)[C@H](O)[C@H]2NC(C)=O)[C@H](O)[C@@H](CO)O[C@H]1O. The lowest BCUT2D eigenvalue weighted by molar-refractivity contribution is -0.359. The minimum atomic E-state index is -1.86. The van der Waals surface area contributed by atoms with E-state index in [1.54, 1.807) is 0 Å². The number of carbonyl (C=O) groups excluding carboxylic acids is 2. The van der Waals surface area contributed by atoms with Crippen molar-refractivity contribution in [1.29, 1.82) is 0 Å². The zero-order valence-corrected chi connectivity index (χ0v) is 21.7. The molecule has 0 aromatic heterocycles. The Balaban J connectivity index is 1.87. The predicted molar refractivity (Wildman–Crippen MR) is 124 cm³/mol. The normalized spacial score (nSPS) is 46.0. The minimum absolute atomic E-state index is 0.639. The van der Waals surface area contributed by atoms with Gasteiger partial charge in [0.1, 0.15) is 73.1 Å². The predicted octanol–water partition coefficient (Wildman–Crippen LogP) is -7.29. The van der Waals surface area contributed by atoms with Crippen molar-refractivity contribution in [1.82, 2.24) is 10.6 Å². The van der Waals surface area contributed by atoms with Gasteiger partial charge in [-0.15, -0.1) is 0 Å². The molecule has 3 rings (SSSR count). The van der Waals surface area contributed by atoms with E-state index in [1.807, 2.05) is 0 Å². The molecular formula is C22H38N2O16. The highest BCUT2D eigenvalue weighted by Crippen LogP contribution is 2.32. The fourth-order valence-electron chi connectivity index (χ4n) is 4.86. The van der Waals surface area contributed by atoms with E-state index < -0.39 is 124 Å². The van der Waals surface area contributed by atoms with Crippen molar-refractivity contribution in [3.63, 3.8) is 0 Å². The first-order chi connectivity index (χ1) is 18.8. The number of aliphatic hydroxyl groups excluding tert-OH is 9. The van der Waals surface area contributed by atoms with Gasteiger partial charge in [-0.05, 0) is 0 Å². The average Bonchev–Trinajstić information content (AvgIpc) is 2.90. The Morgan fingerprint density at radius 3 is 1.65 bits per heavy atom. The van der Waals surface area contributed by atoms with Crippen molar-refractivity contribution in [3.8, 4) is 0 Å². The number of amides is 2. The van der Waals surface area contributed by atoms with Gasteiger partial charge < -0.3 is 80.3 Å². The van der Waals surface area contributed by atoms with E-state index in [2.05, 4.69) is 10.6 Å². The Kier molecular flexibility index (Phi) is 11.5. The molecule has 18 heteroatoms. The first-order valence-corrected chi connectivity index (χ1v) is 12.6. The number of hydrogen-bond acceptors (Lipinski definition) is 16. The highest BCUT2D eigenvalue weighted by atomic mass is 16.7. The van der Waals surface area contributed by atoms with Crippen molar-refractivity contribution in [2.45, 2.75) is 106 Å². The molecule has 40 heavy (non-hydrogen) atoms. The molecule has 11 N–H and O–H groups in total. The van der Waals surface area contributed by atoms with Gasteiger partial charge in [0.2, 0.25) is 11.8 Å². The summed E-state index contributed by atoms with van der Waals surface area (Å²) >= 11 is 0. The molecule has 0 radical (unpaired) electrons. The van der Waals surface area contributed by atoms with Gasteiger partial charge >= 0.3 is 0 Å². The Labute approximate surface area is 228 Å². The topological polar surface area (TPSA) is 286 Å². The van der Waals surface area contributed by atoms with Crippen LogP contribution in [0, 0.1) is 0 Å². The van der Waals surface area contributed by atoms with Crippen LogP contribution in [-0.2, 0) is 33.3 Å². The Morgan fingerprint density at radius 1 is 0.600 bits per heavy atom. The fourth-order valence-corrected chi connectivity index (χ4v) is 4.86. The van der Waals surface area contributed by atoms with E-state index in [0.717, 1.165) is 13.8 Å². The van der Waals surface area contributed by atoms with Crippen LogP contribution >= 0.6 is 0 Å². The number of rotatable bonds is 9. The maximum atomic E-state index is 12.0. The van der Waals surface area contributed by atoms with Gasteiger partial charge in [-0.2, -0.15) is 0 Å². The molecule has 3 saturated heterocycles. The van der Waals surface area contributed by atoms with Crippen LogP contribution in [-0.4, -0.2) is 170 Å². The molecule has 2 amide bonds. The minimum Gasteiger partial charge on any atom is -0.394 e. The van der Waals surface area contributed by atoms with Crippen LogP contribution in [0.4, 0.5) is 0 Å². The van der Waals surface area contributed by atoms with Crippen LogP contribution in [0.1, 0.15) is 13.8 Å². The molecule has 232 valence electrons. The van der Waals surface area contributed by atoms with Gasteiger partial charge in [-0.1, -0.05) is 0 Å². The van der Waals surface area contributed by atoms with E-state index in [4.69, 9.17) is 23.7 Å². The lowest BCUT2D eigenvalue weighted by Crippen LogP contribution is -2.70. The van der Waals surface area contributed by atoms with Crippen LogP contribution < -0.4 is 10.6 Å². The van der Waals surface area contributed by atoms with Gasteiger partial charge in [0, 0.05) is 13.8 Å². The summed E-state index contributed by atoms with van der Waals surface area (Å²) in [6.45, 7) is -0.115. The van der Waals surface area contributed by atoms with E-state index in [-0.39, 0.29) is 0 Å². The summed E-state index contributed by atoms with van der Waals surface area (Å²) in [5, 5.41) is 96.5. The van der Waals surface area contributed by atoms with Gasteiger partial charge in [-0.3, -0.25) is 9.59 Å². The van der Waals surface area contributed by atoms with Crippen LogP contribution in [0.15, 0.2) is 0 Å². The van der Waals surface area contributed by atoms with Crippen molar-refractivity contribution in [3.05, 3.63) is 0 Å². The van der Waals surface area contributed by atoms with E-state index >= 15 is 0 Å². The molecule has 3 heterocycles. The highest BCUT2D eigenvalue weighted by Gasteiger charge is 2.54. The number of carbonyl (C=O) groups is 2. The Hall–Kier alpha value is -1.62. The first kappa shape index (κ1) is 32.9. The summed E-state index contributed by atoms with van der Waals surface area (Å²) in [4.78, 5) is 23.7. The van der Waals surface area contributed by atoms with E-state index in [1.165, 1.54) is 0 Å². The molecule has 0 aromatic carbocycles. The van der Waals surface area contributed by atoms with Crippen molar-refractivity contribution < 1.29 is 79.2 Å². The number of ether oxygens (including phenoxy) is 5. The summed E-state index contributed by atoms with van der Waals surface area (Å²) in [6, 6.07) is -2.89. The zero-order chi connectivity index (χ0) is 29.9. The molecule has 0 spiro atoms. The lowest BCUT2D eigenvalue weighted by Gasteiger charge is -2.49. The second-order valence-corrected chi connectivity index (χ2v) is 9.81. The lowest BCUT2D eigenvalue weighted by atomic mass is 9.94. The van der Waals surface area contributed by atoms with Gasteiger partial charge in [0.05, 0.1) is 19.8 Å². The molecule has 0 aliphatic carbocycles. The Bertz CT molecular complexity index is 852. The van der Waals surface area contributed by atoms with Crippen LogP contribution in [0.2, 0.25) is 0 Å². The monoisotopic (exact) mass is 586 g/mol. The quantitative estimate of drug-likeness (QED) is 0.120. The molecule has 3 fully saturated rings. The molecular weight excluding hydrogens is 548 g/mol. The number of aliphatic hydroxyl groups is 9. The molecule has 0 saturated carbocycles. The second kappa shape index (κ2) is 14.0. The third-order valence-corrected chi connectivity index (χ3v) is 6.90. The molecule has 3 aliphatic rings. The Morgan fingerprint density at radius 2 is 1.10 bits per heavy atom. The second-order valence-electron chi connectivity index (χ2n) is 9.81. The summed E-state index contributed by atoms with van der Waals surface area (Å²) in [5.74, 6) is -1.32. The van der Waals surface area contributed by atoms with Gasteiger partial charge in [0.15, 0.2) is 18.9 Å². The zero-order valence-electron chi connectivity index (χ0n) is 21.7. The van der Waals surface area contributed by atoms with E-state index in [0.29, 0.717) is 0 Å². The number of nitrogens with one attached hydrogen (secondary N) is 2. The van der Waals surface area contributed by atoms with Crippen LogP contribution in [0.5, 0.6) is 0 Å². The molecule has 0 aromatic rings. The number of hydrogen-bond donors (Lipinski definition) is 11. The summed E-state index contributed by atoms with van der Waals surface area (Å²) < 4.78 is 27.6. The maximum Gasteiger partial charge on any atom is 0.217 e. The molecule has 0 unspecified atom stereocenters. The summed E-state index contributed by atoms with van der Waals surface area (Å²) in [6.07, 6.45) is -21.2. The van der Waals surface area contributed by atoms with Crippen LogP contribution in [0.3, 0.4) is 0 Å². The van der Waals surface area contributed by atoms with Crippen molar-refractivity contribution in [2.75, 3.05) is 19.8 Å². The largest absolute Gasteiger partial charge is 0.394 e. The third-order valence-electron chi connectivity index (χ3n) is 6.90. The first-order valence-electron chi connectivity index (χ1n) is 12.6. The smallest absolute Gasteiger partial charge is 0.217 e. The fraction of sp³-hybridized carbons (Fsp3) is 0.909. The molecule has 0 bridgehead atoms. The van der Waals surface area contributed by atoms with E-state index in [9.17, 15) is 55.5 Å². The van der Waals surface area contributed by atoms with Gasteiger partial charge in [0.25, 0.3) is 0 Å². The molecule has 18 nitrogen and oxygen atoms in total. The molecule has 3 aliphatic heterocycles. The third kappa shape index (κ3) is 7.05. The standard InChI is InChI=1S/C22H38N2O16/c1-6(28)23-11-15(32)18(39-22-17(34)16(33)13(30)8(3-25)37-22)10(5-27)38-21(11)40-19-12(24-7(2)29)20(35)36-9(4-26)14(19)31/h8-22,25-27,30-35H,3-5H2,1-2H3,(H,23,28)(H,24,29)/t8-,9-,10-,11-,12-,13-,14-,15-,16+,17+,18-,19-,20-,21-,22+/m1/s1. The summed E-state index contributed by atoms with van der Waals surface area (Å²) in [7, 11) is 0. The highest BCUT2D eigenvalue weighted by molar-refractivity contribution is 5.73. The average molecular weight is 587 g/mol. The van der Waals surface area contributed by atoms with Gasteiger partial charge in [-0.25, -0.2) is 0 Å². The molecule has 15 atom stereocenters. The van der Waals surface area contributed by atoms with Crippen molar-refractivity contribution in [2.24, 2.45) is 0 Å². The van der Waals surface area contributed by atoms with Crippen LogP contribution in [0.25, 0.3) is 0 Å². The maximum absolute atomic E-state index is 12.0. The summed E-state index contributed by atoms with van der Waals surface area (Å²) in [5.41, 5.74) is 0. The van der Waals surface area contributed by atoms with Crippen molar-refractivity contribution >= 4 is 11.8 Å².